The number of primary sulfonamides is 1. The lowest BCUT2D eigenvalue weighted by molar-refractivity contribution is 0.596. The van der Waals surface area contributed by atoms with Crippen LogP contribution in [0.4, 0.5) is 5.69 Å². The Labute approximate surface area is 94.2 Å². The summed E-state index contributed by atoms with van der Waals surface area (Å²) in [6, 6.07) is 3.59. The van der Waals surface area contributed by atoms with Crippen LogP contribution in [0.3, 0.4) is 0 Å². The maximum atomic E-state index is 10.7. The van der Waals surface area contributed by atoms with Crippen molar-refractivity contribution >= 4 is 15.7 Å². The molecule has 0 saturated carbocycles. The molecule has 1 aromatic heterocycles. The third-order valence-electron chi connectivity index (χ3n) is 1.86. The van der Waals surface area contributed by atoms with Gasteiger partial charge in [0.15, 0.2) is 0 Å². The average Bonchev–Trinajstić information content (AvgIpc) is 2.23. The van der Waals surface area contributed by atoms with Crippen LogP contribution in [0.25, 0.3) is 0 Å². The van der Waals surface area contributed by atoms with Crippen LogP contribution in [0.1, 0.15) is 12.0 Å². The maximum absolute atomic E-state index is 10.7. The molecule has 0 saturated heterocycles. The van der Waals surface area contributed by atoms with Gasteiger partial charge in [0.25, 0.3) is 0 Å². The fourth-order valence-corrected chi connectivity index (χ4v) is 1.68. The lowest BCUT2D eigenvalue weighted by Crippen LogP contribution is -2.18. The number of nitrogens with two attached hydrogens (primary N) is 1. The highest BCUT2D eigenvalue weighted by Crippen LogP contribution is 2.11. The van der Waals surface area contributed by atoms with Gasteiger partial charge in [-0.1, -0.05) is 0 Å². The summed E-state index contributed by atoms with van der Waals surface area (Å²) in [4.78, 5) is 3.86. The molecule has 0 fully saturated rings. The first-order valence-corrected chi connectivity index (χ1v) is 6.33. The fraction of sp³-hybridized carbons (Fsp3) is 0.333. The van der Waals surface area contributed by atoms with Crippen LogP contribution in [0, 0.1) is 11.3 Å². The van der Waals surface area contributed by atoms with Crippen molar-refractivity contribution in [1.82, 2.24) is 4.98 Å². The number of hydrogen-bond acceptors (Lipinski definition) is 5. The first kappa shape index (κ1) is 12.4. The molecule has 0 radical (unpaired) electrons. The molecule has 0 aliphatic carbocycles. The summed E-state index contributed by atoms with van der Waals surface area (Å²) in [5, 5.41) is 16.6. The van der Waals surface area contributed by atoms with Crippen molar-refractivity contribution in [3.8, 4) is 6.07 Å². The van der Waals surface area contributed by atoms with Crippen LogP contribution >= 0.6 is 0 Å². The zero-order valence-corrected chi connectivity index (χ0v) is 9.37. The van der Waals surface area contributed by atoms with Gasteiger partial charge in [-0.3, -0.25) is 4.98 Å². The summed E-state index contributed by atoms with van der Waals surface area (Å²) >= 11 is 0. The summed E-state index contributed by atoms with van der Waals surface area (Å²) < 4.78 is 21.3. The van der Waals surface area contributed by atoms with Crippen molar-refractivity contribution in [1.29, 1.82) is 5.26 Å². The third kappa shape index (κ3) is 4.25. The van der Waals surface area contributed by atoms with Crippen LogP contribution in [0.15, 0.2) is 18.5 Å². The Balaban J connectivity index is 2.47. The van der Waals surface area contributed by atoms with E-state index in [-0.39, 0.29) is 5.75 Å². The van der Waals surface area contributed by atoms with Crippen molar-refractivity contribution in [2.45, 2.75) is 6.42 Å². The number of nitrogens with one attached hydrogen (secondary N) is 1. The highest BCUT2D eigenvalue weighted by molar-refractivity contribution is 7.89. The Kier molecular flexibility index (Phi) is 4.22. The molecule has 1 heterocycles. The van der Waals surface area contributed by atoms with Crippen LogP contribution < -0.4 is 10.5 Å². The molecule has 0 aromatic carbocycles. The second kappa shape index (κ2) is 5.44. The second-order valence-corrected chi connectivity index (χ2v) is 4.91. The number of aromatic nitrogens is 1. The largest absolute Gasteiger partial charge is 0.383 e. The zero-order valence-electron chi connectivity index (χ0n) is 8.55. The molecule has 1 rings (SSSR count). The quantitative estimate of drug-likeness (QED) is 0.706. The predicted octanol–water partition coefficient (Wildman–Crippen LogP) is 0.0438. The molecule has 0 amide bonds. The number of anilines is 1. The molecule has 0 aliphatic rings. The Morgan fingerprint density at radius 1 is 1.56 bits per heavy atom. The molecule has 0 atom stereocenters. The van der Waals surface area contributed by atoms with Crippen LogP contribution in [0.5, 0.6) is 0 Å². The Hall–Kier alpha value is -1.65. The minimum absolute atomic E-state index is 0.0812. The van der Waals surface area contributed by atoms with Crippen LogP contribution in [-0.2, 0) is 10.0 Å². The highest BCUT2D eigenvalue weighted by atomic mass is 32.2. The van der Waals surface area contributed by atoms with Gasteiger partial charge >= 0.3 is 0 Å². The standard InChI is InChI=1S/C9H12N4O2S/c10-6-8-2-4-12-7-9(8)13-3-1-5-16(11,14)15/h2,4,7,13H,1,3,5H2,(H2,11,14,15). The van der Waals surface area contributed by atoms with Crippen molar-refractivity contribution in [2.24, 2.45) is 5.14 Å². The fourth-order valence-electron chi connectivity index (χ4n) is 1.13. The lowest BCUT2D eigenvalue weighted by Gasteiger charge is -2.06. The molecule has 0 spiro atoms. The summed E-state index contributed by atoms with van der Waals surface area (Å²) in [7, 11) is -3.41. The highest BCUT2D eigenvalue weighted by Gasteiger charge is 2.03. The average molecular weight is 240 g/mol. The molecule has 0 aliphatic heterocycles. The maximum Gasteiger partial charge on any atom is 0.209 e. The van der Waals surface area contributed by atoms with Crippen LogP contribution in [-0.4, -0.2) is 25.7 Å². The number of pyridine rings is 1. The Bertz CT molecular complexity index is 492. The van der Waals surface area contributed by atoms with E-state index in [1.165, 1.54) is 12.4 Å². The van der Waals surface area contributed by atoms with E-state index in [1.807, 2.05) is 6.07 Å². The van der Waals surface area contributed by atoms with Crippen molar-refractivity contribution < 1.29 is 8.42 Å². The van der Waals surface area contributed by atoms with Crippen molar-refractivity contribution in [2.75, 3.05) is 17.6 Å². The van der Waals surface area contributed by atoms with Gasteiger partial charge < -0.3 is 5.32 Å². The first-order valence-electron chi connectivity index (χ1n) is 4.61. The van der Waals surface area contributed by atoms with Gasteiger partial charge in [-0.25, -0.2) is 13.6 Å². The normalized spacial score (nSPS) is 10.8. The minimum atomic E-state index is -3.41. The lowest BCUT2D eigenvalue weighted by atomic mass is 10.2. The number of hydrogen-bond donors (Lipinski definition) is 2. The predicted molar refractivity (Wildman–Crippen MR) is 60.0 cm³/mol. The molecule has 16 heavy (non-hydrogen) atoms. The Morgan fingerprint density at radius 2 is 2.31 bits per heavy atom. The van der Waals surface area contributed by atoms with E-state index in [4.69, 9.17) is 10.4 Å². The monoisotopic (exact) mass is 240 g/mol. The molecule has 7 heteroatoms. The summed E-state index contributed by atoms with van der Waals surface area (Å²) in [6.07, 6.45) is 3.43. The van der Waals surface area contributed by atoms with Gasteiger partial charge in [-0.15, -0.1) is 0 Å². The molecule has 1 aromatic rings. The molecular weight excluding hydrogens is 228 g/mol. The third-order valence-corrected chi connectivity index (χ3v) is 2.72. The topological polar surface area (TPSA) is 109 Å². The SMILES string of the molecule is N#Cc1ccncc1NCCCS(N)(=O)=O. The van der Waals surface area contributed by atoms with E-state index in [1.54, 1.807) is 6.07 Å². The molecule has 3 N–H and O–H groups in total. The van der Waals surface area contributed by atoms with Crippen molar-refractivity contribution in [3.05, 3.63) is 24.0 Å². The van der Waals surface area contributed by atoms with Crippen molar-refractivity contribution in [3.63, 3.8) is 0 Å². The van der Waals surface area contributed by atoms with Gasteiger partial charge in [-0.2, -0.15) is 5.26 Å². The Morgan fingerprint density at radius 3 is 2.94 bits per heavy atom. The van der Waals surface area contributed by atoms with Gasteiger partial charge in [-0.05, 0) is 12.5 Å². The number of nitrogens with zero attached hydrogens (tertiary/aromatic N) is 2. The van der Waals surface area contributed by atoms with Crippen LogP contribution in [0.2, 0.25) is 0 Å². The number of sulfonamides is 1. The number of rotatable bonds is 5. The van der Waals surface area contributed by atoms with E-state index < -0.39 is 10.0 Å². The van der Waals surface area contributed by atoms with Gasteiger partial charge in [0.2, 0.25) is 10.0 Å². The molecule has 6 nitrogen and oxygen atoms in total. The number of nitriles is 1. The van der Waals surface area contributed by atoms with E-state index in [9.17, 15) is 8.42 Å². The van der Waals surface area contributed by atoms with E-state index in [2.05, 4.69) is 10.3 Å². The second-order valence-electron chi connectivity index (χ2n) is 3.18. The summed E-state index contributed by atoms with van der Waals surface area (Å²) in [6.45, 7) is 0.427. The van der Waals surface area contributed by atoms with Gasteiger partial charge in [0, 0.05) is 12.7 Å². The minimum Gasteiger partial charge on any atom is -0.383 e. The van der Waals surface area contributed by atoms with Gasteiger partial charge in [0.1, 0.15) is 6.07 Å². The first-order chi connectivity index (χ1) is 7.53. The van der Waals surface area contributed by atoms with E-state index in [0.717, 1.165) is 0 Å². The molecule has 86 valence electrons. The van der Waals surface area contributed by atoms with E-state index >= 15 is 0 Å². The summed E-state index contributed by atoms with van der Waals surface area (Å²) in [5.41, 5.74) is 1.07. The van der Waals surface area contributed by atoms with Gasteiger partial charge in [0.05, 0.1) is 23.2 Å². The molecule has 0 unspecified atom stereocenters. The summed E-state index contributed by atoms with van der Waals surface area (Å²) in [5.74, 6) is -0.0812. The molecule has 0 bridgehead atoms. The smallest absolute Gasteiger partial charge is 0.209 e. The van der Waals surface area contributed by atoms with E-state index in [0.29, 0.717) is 24.2 Å². The zero-order chi connectivity index (χ0) is 12.0. The molecular formula is C9H12N4O2S.